The molecule has 0 radical (unpaired) electrons. The van der Waals surface area contributed by atoms with Gasteiger partial charge in [-0.3, -0.25) is 0 Å². The minimum atomic E-state index is 0.213. The Morgan fingerprint density at radius 3 is 2.10 bits per heavy atom. The summed E-state index contributed by atoms with van der Waals surface area (Å²) in [5.74, 6) is 1.15. The van der Waals surface area contributed by atoms with E-state index in [1.54, 1.807) is 0 Å². The number of aromatic nitrogens is 3. The van der Waals surface area contributed by atoms with E-state index in [0.717, 1.165) is 12.1 Å². The Kier molecular flexibility index (Phi) is 10.2. The molecule has 0 aliphatic rings. The molecule has 20 heavy (non-hydrogen) atoms. The van der Waals surface area contributed by atoms with Gasteiger partial charge in [0.1, 0.15) is 5.82 Å². The van der Waals surface area contributed by atoms with Gasteiger partial charge in [-0.2, -0.15) is 9.97 Å². The number of hydrogen-bond acceptors (Lipinski definition) is 4. The molecule has 1 aromatic heterocycles. The molecular weight excluding hydrogens is 272 g/mol. The zero-order valence-electron chi connectivity index (χ0n) is 12.8. The Hall–Kier alpha value is -1.68. The lowest BCUT2D eigenvalue weighted by atomic mass is 10.3. The first-order valence-electron chi connectivity index (χ1n) is 7.00. The van der Waals surface area contributed by atoms with E-state index in [1.165, 1.54) is 0 Å². The van der Waals surface area contributed by atoms with Crippen molar-refractivity contribution < 1.29 is 0 Å². The van der Waals surface area contributed by atoms with E-state index in [1.807, 2.05) is 65.0 Å². The van der Waals surface area contributed by atoms with Crippen LogP contribution in [0.4, 0.5) is 11.6 Å². The second kappa shape index (κ2) is 11.2. The van der Waals surface area contributed by atoms with Crippen molar-refractivity contribution in [2.45, 2.75) is 41.0 Å². The summed E-state index contributed by atoms with van der Waals surface area (Å²) in [5, 5.41) is 3.29. The molecule has 0 bridgehead atoms. The second-order valence-corrected chi connectivity index (χ2v) is 3.53. The van der Waals surface area contributed by atoms with Crippen LogP contribution >= 0.6 is 11.6 Å². The van der Waals surface area contributed by atoms with Crippen LogP contribution in [0.15, 0.2) is 30.3 Å². The van der Waals surface area contributed by atoms with Gasteiger partial charge in [0, 0.05) is 12.1 Å². The van der Waals surface area contributed by atoms with E-state index in [2.05, 4.69) is 20.3 Å². The summed E-state index contributed by atoms with van der Waals surface area (Å²) in [6.45, 7) is 9.97. The number of nitrogens with zero attached hydrogens (tertiary/aromatic N) is 3. The van der Waals surface area contributed by atoms with Gasteiger partial charge in [-0.25, -0.2) is 4.98 Å². The Bertz CT molecular complexity index is 475. The molecule has 110 valence electrons. The normalized spacial score (nSPS) is 8.70. The van der Waals surface area contributed by atoms with Gasteiger partial charge in [-0.1, -0.05) is 52.8 Å². The van der Waals surface area contributed by atoms with Gasteiger partial charge < -0.3 is 5.32 Å². The summed E-state index contributed by atoms with van der Waals surface area (Å²) in [5.41, 5.74) is 0.923. The third-order valence-electron chi connectivity index (χ3n) is 2.00. The molecule has 0 amide bonds. The van der Waals surface area contributed by atoms with Crippen molar-refractivity contribution in [2.24, 2.45) is 0 Å². The number of benzene rings is 1. The van der Waals surface area contributed by atoms with E-state index in [-0.39, 0.29) is 5.28 Å². The number of halogens is 1. The summed E-state index contributed by atoms with van der Waals surface area (Å²) >= 11 is 5.79. The molecule has 2 aromatic rings. The van der Waals surface area contributed by atoms with Crippen molar-refractivity contribution in [1.29, 1.82) is 0 Å². The third-order valence-corrected chi connectivity index (χ3v) is 2.17. The van der Waals surface area contributed by atoms with Gasteiger partial charge >= 0.3 is 0 Å². The molecule has 0 fully saturated rings. The Morgan fingerprint density at radius 2 is 1.55 bits per heavy atom. The molecule has 0 saturated carbocycles. The van der Waals surface area contributed by atoms with Gasteiger partial charge in [0.2, 0.25) is 11.2 Å². The predicted octanol–water partition coefficient (Wildman–Crippen LogP) is 4.88. The fourth-order valence-electron chi connectivity index (χ4n) is 1.26. The topological polar surface area (TPSA) is 50.7 Å². The number of nitrogens with one attached hydrogen (secondary N) is 1. The molecule has 0 aliphatic carbocycles. The molecule has 0 aliphatic heterocycles. The molecular formula is C15H23ClN4. The number of anilines is 2. The lowest BCUT2D eigenvalue weighted by molar-refractivity contribution is 0.904. The molecule has 1 heterocycles. The van der Waals surface area contributed by atoms with Crippen molar-refractivity contribution >= 4 is 23.2 Å². The average molecular weight is 295 g/mol. The van der Waals surface area contributed by atoms with Crippen LogP contribution in [0.1, 0.15) is 40.4 Å². The van der Waals surface area contributed by atoms with Crippen LogP contribution < -0.4 is 5.32 Å². The quantitative estimate of drug-likeness (QED) is 0.876. The highest BCUT2D eigenvalue weighted by Crippen LogP contribution is 2.13. The second-order valence-electron chi connectivity index (χ2n) is 3.19. The molecule has 0 unspecified atom stereocenters. The van der Waals surface area contributed by atoms with Crippen LogP contribution in [0.2, 0.25) is 5.28 Å². The summed E-state index contributed by atoms with van der Waals surface area (Å²) in [6.07, 6.45) is 0.728. The van der Waals surface area contributed by atoms with Crippen molar-refractivity contribution in [3.63, 3.8) is 0 Å². The first kappa shape index (κ1) is 18.3. The van der Waals surface area contributed by atoms with Crippen molar-refractivity contribution in [2.75, 3.05) is 5.32 Å². The number of hydrogen-bond donors (Lipinski definition) is 1. The highest BCUT2D eigenvalue weighted by atomic mass is 35.5. The van der Waals surface area contributed by atoms with E-state index < -0.39 is 0 Å². The van der Waals surface area contributed by atoms with Gasteiger partial charge in [0.25, 0.3) is 0 Å². The fourth-order valence-corrected chi connectivity index (χ4v) is 1.43. The number of para-hydroxylation sites is 1. The summed E-state index contributed by atoms with van der Waals surface area (Å²) < 4.78 is 0. The Morgan fingerprint density at radius 1 is 0.950 bits per heavy atom. The first-order valence-corrected chi connectivity index (χ1v) is 7.38. The third kappa shape index (κ3) is 6.48. The highest BCUT2D eigenvalue weighted by Gasteiger charge is 2.03. The van der Waals surface area contributed by atoms with E-state index >= 15 is 0 Å². The van der Waals surface area contributed by atoms with Gasteiger partial charge in [-0.15, -0.1) is 0 Å². The lowest BCUT2D eigenvalue weighted by Crippen LogP contribution is -2.02. The SMILES string of the molecule is CC.CC.CCc1nc(Cl)nc(Nc2ccccc2)n1. The maximum Gasteiger partial charge on any atom is 0.231 e. The highest BCUT2D eigenvalue weighted by molar-refractivity contribution is 6.28. The van der Waals surface area contributed by atoms with Crippen LogP contribution in [-0.4, -0.2) is 15.0 Å². The van der Waals surface area contributed by atoms with Crippen molar-refractivity contribution in [3.05, 3.63) is 41.4 Å². The molecule has 0 atom stereocenters. The van der Waals surface area contributed by atoms with Gasteiger partial charge in [0.05, 0.1) is 0 Å². The van der Waals surface area contributed by atoms with Crippen LogP contribution in [0.5, 0.6) is 0 Å². The summed E-state index contributed by atoms with van der Waals surface area (Å²) in [6, 6.07) is 9.69. The van der Waals surface area contributed by atoms with E-state index in [4.69, 9.17) is 11.6 Å². The fraction of sp³-hybridized carbons (Fsp3) is 0.400. The zero-order chi connectivity index (χ0) is 15.4. The van der Waals surface area contributed by atoms with Gasteiger partial charge in [0.15, 0.2) is 0 Å². The molecule has 5 heteroatoms. The van der Waals surface area contributed by atoms with Crippen LogP contribution in [0.3, 0.4) is 0 Å². The molecule has 0 saturated heterocycles. The molecule has 1 aromatic carbocycles. The largest absolute Gasteiger partial charge is 0.324 e. The zero-order valence-corrected chi connectivity index (χ0v) is 13.6. The maximum atomic E-state index is 5.79. The van der Waals surface area contributed by atoms with Gasteiger partial charge in [-0.05, 0) is 23.7 Å². The summed E-state index contributed by atoms with van der Waals surface area (Å²) in [7, 11) is 0. The Labute approximate surface area is 126 Å². The monoisotopic (exact) mass is 294 g/mol. The number of rotatable bonds is 3. The van der Waals surface area contributed by atoms with Crippen molar-refractivity contribution in [3.8, 4) is 0 Å². The summed E-state index contributed by atoms with van der Waals surface area (Å²) in [4.78, 5) is 12.2. The molecule has 1 N–H and O–H groups in total. The average Bonchev–Trinajstić information content (AvgIpc) is 2.51. The maximum absolute atomic E-state index is 5.79. The molecule has 2 rings (SSSR count). The van der Waals surface area contributed by atoms with E-state index in [9.17, 15) is 0 Å². The van der Waals surface area contributed by atoms with Crippen LogP contribution in [0.25, 0.3) is 0 Å². The predicted molar refractivity (Wildman–Crippen MR) is 86.6 cm³/mol. The Balaban J connectivity index is 0.000000829. The lowest BCUT2D eigenvalue weighted by Gasteiger charge is -2.05. The minimum Gasteiger partial charge on any atom is -0.324 e. The standard InChI is InChI=1S/C11H11ClN4.2C2H6/c1-2-9-14-10(12)16-11(15-9)13-8-6-4-3-5-7-8;2*1-2/h3-7H,2H2,1H3,(H,13,14,15,16);2*1-2H3. The van der Waals surface area contributed by atoms with Crippen LogP contribution in [-0.2, 0) is 6.42 Å². The smallest absolute Gasteiger partial charge is 0.231 e. The minimum absolute atomic E-state index is 0.213. The van der Waals surface area contributed by atoms with E-state index in [0.29, 0.717) is 11.8 Å². The molecule has 0 spiro atoms. The van der Waals surface area contributed by atoms with Crippen LogP contribution in [0, 0.1) is 0 Å². The van der Waals surface area contributed by atoms with Crippen molar-refractivity contribution in [1.82, 2.24) is 15.0 Å². The molecule has 4 nitrogen and oxygen atoms in total. The number of aryl methyl sites for hydroxylation is 1. The first-order chi connectivity index (χ1) is 9.78.